The molecule has 0 bridgehead atoms. The Hall–Kier alpha value is -1.59. The van der Waals surface area contributed by atoms with Crippen LogP contribution >= 0.6 is 0 Å². The lowest BCUT2D eigenvalue weighted by Crippen LogP contribution is -2.19. The molecule has 18 heavy (non-hydrogen) atoms. The lowest BCUT2D eigenvalue weighted by atomic mass is 10.4. The molecule has 0 fully saturated rings. The van der Waals surface area contributed by atoms with Crippen LogP contribution in [0.5, 0.6) is 0 Å². The molecule has 0 aliphatic heterocycles. The van der Waals surface area contributed by atoms with Gasteiger partial charge in [0.1, 0.15) is 5.69 Å². The Morgan fingerprint density at radius 3 is 3.06 bits per heavy atom. The van der Waals surface area contributed by atoms with Gasteiger partial charge in [0.15, 0.2) is 0 Å². The minimum absolute atomic E-state index is 0.353. The summed E-state index contributed by atoms with van der Waals surface area (Å²) in [5.41, 5.74) is 1.41. The summed E-state index contributed by atoms with van der Waals surface area (Å²) in [7, 11) is 1.36. The van der Waals surface area contributed by atoms with E-state index in [-0.39, 0.29) is 5.97 Å². The first-order valence-electron chi connectivity index (χ1n) is 5.93. The van der Waals surface area contributed by atoms with Crippen LogP contribution in [0.15, 0.2) is 24.8 Å². The Labute approximate surface area is 107 Å². The molecular weight excluding hydrogens is 232 g/mol. The molecule has 5 heteroatoms. The minimum atomic E-state index is -0.353. The number of nitrogens with one attached hydrogen (secondary N) is 2. The van der Waals surface area contributed by atoms with Crippen molar-refractivity contribution in [1.29, 1.82) is 0 Å². The number of rotatable bonds is 9. The molecule has 0 aliphatic carbocycles. The molecule has 0 unspecified atom stereocenters. The van der Waals surface area contributed by atoms with Gasteiger partial charge in [0.25, 0.3) is 0 Å². The van der Waals surface area contributed by atoms with Crippen LogP contribution in [0.4, 0.5) is 0 Å². The van der Waals surface area contributed by atoms with E-state index in [1.165, 1.54) is 7.11 Å². The monoisotopic (exact) mass is 252 g/mol. The summed E-state index contributed by atoms with van der Waals surface area (Å²) in [5, 5.41) is 3.21. The van der Waals surface area contributed by atoms with Crippen LogP contribution in [-0.4, -0.2) is 37.8 Å². The van der Waals surface area contributed by atoms with Gasteiger partial charge < -0.3 is 19.8 Å². The van der Waals surface area contributed by atoms with Gasteiger partial charge >= 0.3 is 5.97 Å². The van der Waals surface area contributed by atoms with Gasteiger partial charge in [-0.25, -0.2) is 4.79 Å². The number of aromatic amines is 1. The number of aromatic nitrogens is 1. The Bertz CT molecular complexity index is 374. The first-order chi connectivity index (χ1) is 8.77. The molecule has 1 aromatic heterocycles. The van der Waals surface area contributed by atoms with Gasteiger partial charge in [-0.3, -0.25) is 0 Å². The molecule has 0 aromatic carbocycles. The molecule has 100 valence electrons. The summed E-state index contributed by atoms with van der Waals surface area (Å²) in [6.07, 6.45) is 2.71. The normalized spacial score (nSPS) is 10.3. The maximum absolute atomic E-state index is 11.2. The second-order valence-corrected chi connectivity index (χ2v) is 3.76. The third kappa shape index (κ3) is 5.16. The van der Waals surface area contributed by atoms with E-state index in [1.54, 1.807) is 6.07 Å². The van der Waals surface area contributed by atoms with E-state index >= 15 is 0 Å². The predicted octanol–water partition coefficient (Wildman–Crippen LogP) is 1.48. The molecule has 0 radical (unpaired) electrons. The lowest BCUT2D eigenvalue weighted by Gasteiger charge is -2.04. The van der Waals surface area contributed by atoms with Crippen LogP contribution in [0.1, 0.15) is 22.6 Å². The predicted molar refractivity (Wildman–Crippen MR) is 69.5 cm³/mol. The van der Waals surface area contributed by atoms with Gasteiger partial charge in [0, 0.05) is 18.8 Å². The van der Waals surface area contributed by atoms with Crippen molar-refractivity contribution in [3.05, 3.63) is 36.2 Å². The van der Waals surface area contributed by atoms with Crippen molar-refractivity contribution in [2.24, 2.45) is 0 Å². The highest BCUT2D eigenvalue weighted by Crippen LogP contribution is 2.02. The average Bonchev–Trinajstić information content (AvgIpc) is 2.85. The van der Waals surface area contributed by atoms with E-state index in [2.05, 4.69) is 21.6 Å². The highest BCUT2D eigenvalue weighted by Gasteiger charge is 2.07. The standard InChI is InChI=1S/C13H20N2O3/c1-3-4-8-18-9-7-14-10-11-5-6-12(15-11)13(16)17-2/h3,5-6,14-15H,1,4,7-10H2,2H3. The lowest BCUT2D eigenvalue weighted by molar-refractivity contribution is 0.0594. The zero-order chi connectivity index (χ0) is 13.2. The van der Waals surface area contributed by atoms with Crippen LogP contribution in [0.3, 0.4) is 0 Å². The van der Waals surface area contributed by atoms with Crippen molar-refractivity contribution in [2.45, 2.75) is 13.0 Å². The second kappa shape index (κ2) is 8.49. The first kappa shape index (κ1) is 14.5. The molecule has 0 atom stereocenters. The summed E-state index contributed by atoms with van der Waals surface area (Å²) in [5.74, 6) is -0.353. The number of methoxy groups -OCH3 is 1. The van der Waals surface area contributed by atoms with Gasteiger partial charge in [-0.1, -0.05) is 6.08 Å². The summed E-state index contributed by atoms with van der Waals surface area (Å²) in [6, 6.07) is 3.57. The first-order valence-corrected chi connectivity index (χ1v) is 5.93. The van der Waals surface area contributed by atoms with E-state index in [0.717, 1.165) is 18.7 Å². The Balaban J connectivity index is 2.14. The number of carbonyl (C=O) groups is 1. The molecule has 1 rings (SSSR count). The maximum atomic E-state index is 11.2. The van der Waals surface area contributed by atoms with E-state index in [4.69, 9.17) is 4.74 Å². The van der Waals surface area contributed by atoms with Gasteiger partial charge in [-0.2, -0.15) is 0 Å². The quantitative estimate of drug-likeness (QED) is 0.397. The van der Waals surface area contributed by atoms with E-state index in [9.17, 15) is 4.79 Å². The fraction of sp³-hybridized carbons (Fsp3) is 0.462. The maximum Gasteiger partial charge on any atom is 0.354 e. The number of hydrogen-bond acceptors (Lipinski definition) is 4. The highest BCUT2D eigenvalue weighted by molar-refractivity contribution is 5.87. The molecule has 0 aliphatic rings. The molecule has 0 saturated carbocycles. The number of H-pyrrole nitrogens is 1. The van der Waals surface area contributed by atoms with Crippen molar-refractivity contribution in [3.8, 4) is 0 Å². The number of ether oxygens (including phenoxy) is 2. The van der Waals surface area contributed by atoms with Crippen molar-refractivity contribution >= 4 is 5.97 Å². The number of carbonyl (C=O) groups excluding carboxylic acids is 1. The largest absolute Gasteiger partial charge is 0.464 e. The van der Waals surface area contributed by atoms with Gasteiger partial charge in [-0.15, -0.1) is 6.58 Å². The Morgan fingerprint density at radius 2 is 2.33 bits per heavy atom. The highest BCUT2D eigenvalue weighted by atomic mass is 16.5. The number of hydrogen-bond donors (Lipinski definition) is 2. The Kier molecular flexibility index (Phi) is 6.83. The van der Waals surface area contributed by atoms with Gasteiger partial charge in [0.05, 0.1) is 20.3 Å². The molecule has 0 spiro atoms. The summed E-state index contributed by atoms with van der Waals surface area (Å²) in [4.78, 5) is 14.2. The third-order valence-electron chi connectivity index (χ3n) is 2.36. The van der Waals surface area contributed by atoms with Crippen molar-refractivity contribution in [1.82, 2.24) is 10.3 Å². The minimum Gasteiger partial charge on any atom is -0.464 e. The summed E-state index contributed by atoms with van der Waals surface area (Å²) < 4.78 is 9.97. The molecule has 2 N–H and O–H groups in total. The van der Waals surface area contributed by atoms with Crippen LogP contribution < -0.4 is 5.32 Å². The van der Waals surface area contributed by atoms with Gasteiger partial charge in [-0.05, 0) is 18.6 Å². The fourth-order valence-corrected chi connectivity index (χ4v) is 1.41. The number of esters is 1. The topological polar surface area (TPSA) is 63.4 Å². The summed E-state index contributed by atoms with van der Waals surface area (Å²) >= 11 is 0. The zero-order valence-corrected chi connectivity index (χ0v) is 10.7. The van der Waals surface area contributed by atoms with Crippen LogP contribution in [0.2, 0.25) is 0 Å². The molecular formula is C13H20N2O3. The van der Waals surface area contributed by atoms with E-state index in [1.807, 2.05) is 12.1 Å². The molecule has 1 heterocycles. The molecule has 0 amide bonds. The molecule has 5 nitrogen and oxygen atoms in total. The summed E-state index contributed by atoms with van der Waals surface area (Å²) in [6.45, 7) is 6.43. The van der Waals surface area contributed by atoms with E-state index < -0.39 is 0 Å². The molecule has 1 aromatic rings. The van der Waals surface area contributed by atoms with Crippen LogP contribution in [0, 0.1) is 0 Å². The molecule has 0 saturated heterocycles. The van der Waals surface area contributed by atoms with Crippen molar-refractivity contribution < 1.29 is 14.3 Å². The van der Waals surface area contributed by atoms with E-state index in [0.29, 0.717) is 25.5 Å². The SMILES string of the molecule is C=CCCOCCNCc1ccc(C(=O)OC)[nH]1. The van der Waals surface area contributed by atoms with Crippen molar-refractivity contribution in [3.63, 3.8) is 0 Å². The van der Waals surface area contributed by atoms with Gasteiger partial charge in [0.2, 0.25) is 0 Å². The Morgan fingerprint density at radius 1 is 1.50 bits per heavy atom. The third-order valence-corrected chi connectivity index (χ3v) is 2.36. The van der Waals surface area contributed by atoms with Crippen molar-refractivity contribution in [2.75, 3.05) is 26.9 Å². The second-order valence-electron chi connectivity index (χ2n) is 3.76. The fourth-order valence-electron chi connectivity index (χ4n) is 1.41. The zero-order valence-electron chi connectivity index (χ0n) is 10.7. The smallest absolute Gasteiger partial charge is 0.354 e. The van der Waals surface area contributed by atoms with Crippen LogP contribution in [-0.2, 0) is 16.0 Å². The van der Waals surface area contributed by atoms with Crippen LogP contribution in [0.25, 0.3) is 0 Å². The average molecular weight is 252 g/mol.